The van der Waals surface area contributed by atoms with E-state index >= 15 is 0 Å². The van der Waals surface area contributed by atoms with E-state index in [4.69, 9.17) is 14.6 Å². The van der Waals surface area contributed by atoms with Gasteiger partial charge < -0.3 is 14.2 Å². The highest BCUT2D eigenvalue weighted by atomic mass is 31.2. The van der Waals surface area contributed by atoms with Gasteiger partial charge in [-0.2, -0.15) is 0 Å². The summed E-state index contributed by atoms with van der Waals surface area (Å²) in [5.74, 6) is 0. The molecule has 0 aromatic rings. The first-order chi connectivity index (χ1) is 7.08. The lowest BCUT2D eigenvalue weighted by atomic mass is 10.4. The SMILES string of the molecule is CCOP(=O)(C[C@H](O)CN=[N+]=[N-])OCC. The first kappa shape index (κ1) is 14.4. The van der Waals surface area contributed by atoms with E-state index in [0.29, 0.717) is 0 Å². The maximum Gasteiger partial charge on any atom is 0.333 e. The van der Waals surface area contributed by atoms with Gasteiger partial charge in [-0.05, 0) is 19.4 Å². The standard InChI is InChI=1S/C7H16N3O4P/c1-3-13-15(12,14-4-2)6-7(11)5-9-10-8/h7,11H,3-6H2,1-2H3/t7-/m1/s1. The Morgan fingerprint density at radius 3 is 2.40 bits per heavy atom. The molecule has 7 nitrogen and oxygen atoms in total. The second-order valence-corrected chi connectivity index (χ2v) is 4.80. The number of aliphatic hydroxyl groups excluding tert-OH is 1. The molecule has 1 atom stereocenters. The summed E-state index contributed by atoms with van der Waals surface area (Å²) in [6, 6.07) is 0. The molecule has 15 heavy (non-hydrogen) atoms. The van der Waals surface area contributed by atoms with E-state index in [1.165, 1.54) is 0 Å². The summed E-state index contributed by atoms with van der Waals surface area (Å²) >= 11 is 0. The summed E-state index contributed by atoms with van der Waals surface area (Å²) < 4.78 is 21.8. The quantitative estimate of drug-likeness (QED) is 0.301. The largest absolute Gasteiger partial charge is 0.392 e. The van der Waals surface area contributed by atoms with Crippen molar-refractivity contribution in [2.75, 3.05) is 25.9 Å². The molecule has 0 aliphatic carbocycles. The summed E-state index contributed by atoms with van der Waals surface area (Å²) in [4.78, 5) is 2.49. The van der Waals surface area contributed by atoms with Crippen LogP contribution in [0.4, 0.5) is 0 Å². The fourth-order valence-corrected chi connectivity index (χ4v) is 2.69. The first-order valence-electron chi connectivity index (χ1n) is 4.65. The van der Waals surface area contributed by atoms with Gasteiger partial charge >= 0.3 is 7.60 Å². The van der Waals surface area contributed by atoms with Crippen molar-refractivity contribution in [1.82, 2.24) is 0 Å². The van der Waals surface area contributed by atoms with Crippen LogP contribution in [-0.4, -0.2) is 37.1 Å². The van der Waals surface area contributed by atoms with E-state index in [1.54, 1.807) is 13.8 Å². The Balaban J connectivity index is 4.26. The molecule has 1 N–H and O–H groups in total. The van der Waals surface area contributed by atoms with Gasteiger partial charge in [0.05, 0.1) is 32.0 Å². The molecule has 0 aromatic heterocycles. The Bertz CT molecular complexity index is 257. The maximum atomic E-state index is 11.8. The van der Waals surface area contributed by atoms with E-state index < -0.39 is 13.7 Å². The van der Waals surface area contributed by atoms with Crippen LogP contribution in [0.5, 0.6) is 0 Å². The number of nitrogens with zero attached hydrogens (tertiary/aromatic N) is 3. The summed E-state index contributed by atoms with van der Waals surface area (Å²) in [5, 5.41) is 12.5. The zero-order chi connectivity index (χ0) is 11.7. The molecule has 0 aliphatic heterocycles. The predicted molar refractivity (Wildman–Crippen MR) is 55.7 cm³/mol. The zero-order valence-electron chi connectivity index (χ0n) is 8.87. The molecule has 0 unspecified atom stereocenters. The van der Waals surface area contributed by atoms with Gasteiger partial charge in [0.15, 0.2) is 0 Å². The van der Waals surface area contributed by atoms with Gasteiger partial charge in [-0.15, -0.1) is 0 Å². The van der Waals surface area contributed by atoms with Gasteiger partial charge in [0.25, 0.3) is 0 Å². The molecule has 0 heterocycles. The summed E-state index contributed by atoms with van der Waals surface area (Å²) in [6.07, 6.45) is -1.17. The van der Waals surface area contributed by atoms with Crippen molar-refractivity contribution in [3.05, 3.63) is 10.4 Å². The normalized spacial score (nSPS) is 13.3. The van der Waals surface area contributed by atoms with Crippen molar-refractivity contribution in [3.8, 4) is 0 Å². The van der Waals surface area contributed by atoms with Crippen LogP contribution in [0.3, 0.4) is 0 Å². The molecular weight excluding hydrogens is 221 g/mol. The zero-order valence-corrected chi connectivity index (χ0v) is 9.76. The van der Waals surface area contributed by atoms with Crippen LogP contribution in [0.15, 0.2) is 5.11 Å². The smallest absolute Gasteiger partial charge is 0.333 e. The molecule has 0 amide bonds. The summed E-state index contributed by atoms with van der Waals surface area (Å²) in [5.41, 5.74) is 8.04. The fourth-order valence-electron chi connectivity index (χ4n) is 0.983. The van der Waals surface area contributed by atoms with Crippen LogP contribution >= 0.6 is 7.60 Å². The van der Waals surface area contributed by atoms with Crippen molar-refractivity contribution < 1.29 is 18.7 Å². The molecule has 0 spiro atoms. The molecule has 88 valence electrons. The van der Waals surface area contributed by atoms with E-state index in [-0.39, 0.29) is 25.9 Å². The number of hydrogen-bond donors (Lipinski definition) is 1. The lowest BCUT2D eigenvalue weighted by molar-refractivity contribution is 0.174. The van der Waals surface area contributed by atoms with Gasteiger partial charge in [-0.1, -0.05) is 5.11 Å². The van der Waals surface area contributed by atoms with Gasteiger partial charge in [0.1, 0.15) is 0 Å². The molecule has 0 rings (SSSR count). The molecule has 0 aromatic carbocycles. The Morgan fingerprint density at radius 2 is 2.00 bits per heavy atom. The molecular formula is C7H16N3O4P. The number of hydrogen-bond acceptors (Lipinski definition) is 5. The minimum absolute atomic E-state index is 0.138. The Labute approximate surface area is 88.5 Å². The van der Waals surface area contributed by atoms with Crippen molar-refractivity contribution in [1.29, 1.82) is 0 Å². The minimum atomic E-state index is -3.25. The van der Waals surface area contributed by atoms with Crippen LogP contribution in [0.1, 0.15) is 13.8 Å². The summed E-state index contributed by atoms with van der Waals surface area (Å²) in [7, 11) is -3.25. The topological polar surface area (TPSA) is 105 Å². The third-order valence-electron chi connectivity index (χ3n) is 1.44. The van der Waals surface area contributed by atoms with Crippen LogP contribution in [0, 0.1) is 0 Å². The van der Waals surface area contributed by atoms with E-state index in [2.05, 4.69) is 10.0 Å². The highest BCUT2D eigenvalue weighted by Crippen LogP contribution is 2.48. The second kappa shape index (κ2) is 7.68. The van der Waals surface area contributed by atoms with Gasteiger partial charge in [-0.25, -0.2) is 0 Å². The van der Waals surface area contributed by atoms with Crippen molar-refractivity contribution in [2.45, 2.75) is 20.0 Å². The molecule has 0 radical (unpaired) electrons. The first-order valence-corrected chi connectivity index (χ1v) is 6.37. The second-order valence-electron chi connectivity index (χ2n) is 2.70. The van der Waals surface area contributed by atoms with Crippen LogP contribution in [0.25, 0.3) is 10.4 Å². The fraction of sp³-hybridized carbons (Fsp3) is 1.00. The van der Waals surface area contributed by atoms with Crippen molar-refractivity contribution in [2.24, 2.45) is 5.11 Å². The van der Waals surface area contributed by atoms with Gasteiger partial charge in [-0.3, -0.25) is 4.57 Å². The van der Waals surface area contributed by atoms with E-state index in [1.807, 2.05) is 0 Å². The van der Waals surface area contributed by atoms with Crippen LogP contribution in [0.2, 0.25) is 0 Å². The average molecular weight is 237 g/mol. The van der Waals surface area contributed by atoms with E-state index in [0.717, 1.165) is 0 Å². The van der Waals surface area contributed by atoms with Crippen LogP contribution < -0.4 is 0 Å². The average Bonchev–Trinajstić information content (AvgIpc) is 2.15. The third-order valence-corrected chi connectivity index (χ3v) is 3.61. The van der Waals surface area contributed by atoms with Crippen molar-refractivity contribution >= 4 is 7.60 Å². The van der Waals surface area contributed by atoms with Crippen LogP contribution in [-0.2, 0) is 13.6 Å². The monoisotopic (exact) mass is 237 g/mol. The Hall–Kier alpha value is -0.580. The maximum absolute atomic E-state index is 11.8. The molecule has 0 saturated heterocycles. The molecule has 0 fully saturated rings. The predicted octanol–water partition coefficient (Wildman–Crippen LogP) is 1.92. The molecule has 0 saturated carbocycles. The lowest BCUT2D eigenvalue weighted by Gasteiger charge is -2.18. The molecule has 0 bridgehead atoms. The van der Waals surface area contributed by atoms with Crippen molar-refractivity contribution in [3.63, 3.8) is 0 Å². The highest BCUT2D eigenvalue weighted by molar-refractivity contribution is 7.53. The molecule has 8 heteroatoms. The van der Waals surface area contributed by atoms with Gasteiger partial charge in [0.2, 0.25) is 0 Å². The Morgan fingerprint density at radius 1 is 1.47 bits per heavy atom. The number of aliphatic hydroxyl groups is 1. The minimum Gasteiger partial charge on any atom is -0.392 e. The highest BCUT2D eigenvalue weighted by Gasteiger charge is 2.27. The van der Waals surface area contributed by atoms with E-state index in [9.17, 15) is 9.67 Å². The number of rotatable bonds is 8. The molecule has 0 aliphatic rings. The Kier molecular flexibility index (Phi) is 7.38. The number of azide groups is 1. The summed E-state index contributed by atoms with van der Waals surface area (Å²) in [6.45, 7) is 3.72. The lowest BCUT2D eigenvalue weighted by Crippen LogP contribution is -2.18. The van der Waals surface area contributed by atoms with Gasteiger partial charge in [0, 0.05) is 4.91 Å². The third kappa shape index (κ3) is 6.49.